The van der Waals surface area contributed by atoms with Crippen LogP contribution in [0.2, 0.25) is 0 Å². The van der Waals surface area contributed by atoms with Crippen LogP contribution in [0, 0.1) is 0 Å². The van der Waals surface area contributed by atoms with Crippen molar-refractivity contribution < 1.29 is 9.26 Å². The van der Waals surface area contributed by atoms with Crippen LogP contribution in [0.4, 0.5) is 0 Å². The Kier molecular flexibility index (Phi) is 2.98. The van der Waals surface area contributed by atoms with Crippen LogP contribution >= 0.6 is 0 Å². The Bertz CT molecular complexity index is 551. The summed E-state index contributed by atoms with van der Waals surface area (Å²) < 4.78 is 10.8. The summed E-state index contributed by atoms with van der Waals surface area (Å²) in [7, 11) is 1.90. The molecule has 2 aromatic rings. The molecule has 0 amide bonds. The summed E-state index contributed by atoms with van der Waals surface area (Å²) in [6.07, 6.45) is 1.72. The van der Waals surface area contributed by atoms with E-state index in [4.69, 9.17) is 9.26 Å². The summed E-state index contributed by atoms with van der Waals surface area (Å²) in [4.78, 5) is 4.38. The second kappa shape index (κ2) is 4.78. The number of nitrogens with zero attached hydrogens (tertiary/aromatic N) is 2. The molecule has 0 saturated heterocycles. The van der Waals surface area contributed by atoms with E-state index in [2.05, 4.69) is 21.5 Å². The molecule has 3 rings (SSSR count). The molecule has 0 atom stereocenters. The lowest BCUT2D eigenvalue weighted by Crippen LogP contribution is -2.10. The number of aromatic nitrogens is 2. The van der Waals surface area contributed by atoms with Gasteiger partial charge in [0.05, 0.1) is 6.61 Å². The minimum absolute atomic E-state index is 0.579. The van der Waals surface area contributed by atoms with Gasteiger partial charge in [0, 0.05) is 24.9 Å². The van der Waals surface area contributed by atoms with E-state index in [0.717, 1.165) is 43.1 Å². The van der Waals surface area contributed by atoms with E-state index < -0.39 is 0 Å². The highest BCUT2D eigenvalue weighted by atomic mass is 16.5. The number of fused-ring (bicyclic) bond motifs is 1. The highest BCUT2D eigenvalue weighted by molar-refractivity contribution is 5.58. The number of nitrogens with one attached hydrogen (secondary N) is 1. The molecule has 0 radical (unpaired) electrons. The van der Waals surface area contributed by atoms with Crippen molar-refractivity contribution in [2.24, 2.45) is 0 Å². The highest BCUT2D eigenvalue weighted by Gasteiger charge is 2.15. The Balaban J connectivity index is 1.83. The van der Waals surface area contributed by atoms with Crippen LogP contribution in [0.5, 0.6) is 5.75 Å². The third kappa shape index (κ3) is 2.09. The molecule has 0 saturated carbocycles. The highest BCUT2D eigenvalue weighted by Crippen LogP contribution is 2.29. The van der Waals surface area contributed by atoms with Crippen LogP contribution in [0.25, 0.3) is 11.5 Å². The molecular weight excluding hydrogens is 230 g/mol. The maximum atomic E-state index is 5.47. The van der Waals surface area contributed by atoms with Crippen LogP contribution in [0.1, 0.15) is 11.4 Å². The quantitative estimate of drug-likeness (QED) is 0.883. The lowest BCUT2D eigenvalue weighted by Gasteiger charge is -1.99. The van der Waals surface area contributed by atoms with Gasteiger partial charge in [-0.05, 0) is 30.8 Å². The predicted molar refractivity (Wildman–Crippen MR) is 66.6 cm³/mol. The summed E-state index contributed by atoms with van der Waals surface area (Å²) in [6, 6.07) is 5.99. The van der Waals surface area contributed by atoms with Crippen molar-refractivity contribution in [3.05, 3.63) is 29.6 Å². The number of benzene rings is 1. The van der Waals surface area contributed by atoms with E-state index >= 15 is 0 Å². The van der Waals surface area contributed by atoms with Gasteiger partial charge >= 0.3 is 0 Å². The third-order valence-electron chi connectivity index (χ3n) is 3.00. The third-order valence-corrected chi connectivity index (χ3v) is 3.00. The fourth-order valence-electron chi connectivity index (χ4n) is 2.03. The topological polar surface area (TPSA) is 60.2 Å². The summed E-state index contributed by atoms with van der Waals surface area (Å²) in [5.74, 6) is 2.28. The first-order chi connectivity index (χ1) is 8.86. The van der Waals surface area contributed by atoms with Gasteiger partial charge in [-0.1, -0.05) is 5.16 Å². The Hall–Kier alpha value is -1.88. The molecule has 1 aromatic heterocycles. The monoisotopic (exact) mass is 245 g/mol. The second-order valence-corrected chi connectivity index (χ2v) is 4.29. The van der Waals surface area contributed by atoms with Crippen molar-refractivity contribution in [1.82, 2.24) is 15.5 Å². The smallest absolute Gasteiger partial charge is 0.257 e. The number of hydrogen-bond acceptors (Lipinski definition) is 5. The van der Waals surface area contributed by atoms with Crippen LogP contribution in [0.3, 0.4) is 0 Å². The number of likely N-dealkylation sites (N-methyl/N-ethyl adjacent to an activating group) is 1. The largest absolute Gasteiger partial charge is 0.493 e. The first kappa shape index (κ1) is 11.2. The SMILES string of the molecule is CNCCc1noc(-c2ccc3c(c2)CCO3)n1. The molecule has 18 heavy (non-hydrogen) atoms. The maximum absolute atomic E-state index is 5.47. The maximum Gasteiger partial charge on any atom is 0.257 e. The van der Waals surface area contributed by atoms with E-state index in [1.165, 1.54) is 5.56 Å². The number of ether oxygens (including phenoxy) is 1. The molecule has 1 aliphatic heterocycles. The van der Waals surface area contributed by atoms with Gasteiger partial charge < -0.3 is 14.6 Å². The summed E-state index contributed by atoms with van der Waals surface area (Å²) in [6.45, 7) is 1.60. The second-order valence-electron chi connectivity index (χ2n) is 4.29. The van der Waals surface area contributed by atoms with E-state index in [1.54, 1.807) is 0 Å². The minimum atomic E-state index is 0.579. The van der Waals surface area contributed by atoms with E-state index in [1.807, 2.05) is 19.2 Å². The van der Waals surface area contributed by atoms with Gasteiger partial charge in [-0.25, -0.2) is 0 Å². The van der Waals surface area contributed by atoms with Crippen LogP contribution in [-0.4, -0.2) is 30.3 Å². The molecule has 5 heteroatoms. The van der Waals surface area contributed by atoms with Crippen LogP contribution < -0.4 is 10.1 Å². The molecule has 0 fully saturated rings. The Morgan fingerprint density at radius 3 is 3.22 bits per heavy atom. The summed E-state index contributed by atoms with van der Waals surface area (Å²) >= 11 is 0. The van der Waals surface area contributed by atoms with Crippen molar-refractivity contribution >= 4 is 0 Å². The zero-order valence-electron chi connectivity index (χ0n) is 10.3. The summed E-state index contributed by atoms with van der Waals surface area (Å²) in [5.41, 5.74) is 2.17. The lowest BCUT2D eigenvalue weighted by molar-refractivity contribution is 0.357. The molecule has 1 aliphatic rings. The fraction of sp³-hybridized carbons (Fsp3) is 0.385. The van der Waals surface area contributed by atoms with Gasteiger partial charge in [-0.15, -0.1) is 0 Å². The van der Waals surface area contributed by atoms with Gasteiger partial charge in [0.1, 0.15) is 5.75 Å². The van der Waals surface area contributed by atoms with E-state index in [-0.39, 0.29) is 0 Å². The zero-order chi connectivity index (χ0) is 12.4. The van der Waals surface area contributed by atoms with E-state index in [9.17, 15) is 0 Å². The van der Waals surface area contributed by atoms with Crippen LogP contribution in [0.15, 0.2) is 22.7 Å². The normalized spacial score (nSPS) is 13.4. The molecule has 5 nitrogen and oxygen atoms in total. The Labute approximate surface area is 105 Å². The summed E-state index contributed by atoms with van der Waals surface area (Å²) in [5, 5.41) is 7.03. The molecule has 1 aromatic carbocycles. The van der Waals surface area contributed by atoms with Gasteiger partial charge in [0.2, 0.25) is 0 Å². The average molecular weight is 245 g/mol. The molecule has 1 N–H and O–H groups in total. The predicted octanol–water partition coefficient (Wildman–Crippen LogP) is 1.43. The zero-order valence-corrected chi connectivity index (χ0v) is 10.3. The van der Waals surface area contributed by atoms with Crippen molar-refractivity contribution in [1.29, 1.82) is 0 Å². The van der Waals surface area contributed by atoms with Crippen molar-refractivity contribution in [3.8, 4) is 17.2 Å². The molecule has 0 unspecified atom stereocenters. The molecule has 94 valence electrons. The molecule has 0 aliphatic carbocycles. The van der Waals surface area contributed by atoms with Crippen molar-refractivity contribution in [2.75, 3.05) is 20.2 Å². The molecule has 2 heterocycles. The van der Waals surface area contributed by atoms with Gasteiger partial charge in [0.15, 0.2) is 5.82 Å². The first-order valence-electron chi connectivity index (χ1n) is 6.10. The Morgan fingerprint density at radius 2 is 2.33 bits per heavy atom. The average Bonchev–Trinajstić information content (AvgIpc) is 3.04. The first-order valence-corrected chi connectivity index (χ1v) is 6.10. The van der Waals surface area contributed by atoms with Gasteiger partial charge in [-0.3, -0.25) is 0 Å². The van der Waals surface area contributed by atoms with Crippen LogP contribution in [-0.2, 0) is 12.8 Å². The van der Waals surface area contributed by atoms with Crippen molar-refractivity contribution in [3.63, 3.8) is 0 Å². The lowest BCUT2D eigenvalue weighted by atomic mass is 10.1. The van der Waals surface area contributed by atoms with Gasteiger partial charge in [0.25, 0.3) is 5.89 Å². The fourth-order valence-corrected chi connectivity index (χ4v) is 2.03. The van der Waals surface area contributed by atoms with E-state index in [0.29, 0.717) is 5.89 Å². The molecule has 0 spiro atoms. The Morgan fingerprint density at radius 1 is 1.39 bits per heavy atom. The number of rotatable bonds is 4. The molecular formula is C13H15N3O2. The molecule has 0 bridgehead atoms. The minimum Gasteiger partial charge on any atom is -0.493 e. The number of hydrogen-bond donors (Lipinski definition) is 1. The van der Waals surface area contributed by atoms with Gasteiger partial charge in [-0.2, -0.15) is 4.98 Å². The standard InChI is InChI=1S/C13H15N3O2/c1-14-6-4-12-15-13(18-16-12)10-2-3-11-9(8-10)5-7-17-11/h2-3,8,14H,4-7H2,1H3. The van der Waals surface area contributed by atoms with Crippen molar-refractivity contribution in [2.45, 2.75) is 12.8 Å².